The average Bonchev–Trinajstić information content (AvgIpc) is 2.74. The van der Waals surface area contributed by atoms with E-state index in [1.165, 1.54) is 31.4 Å². The number of halogens is 3. The first-order chi connectivity index (χ1) is 15.1. The molecule has 0 fully saturated rings. The van der Waals surface area contributed by atoms with Gasteiger partial charge in [-0.1, -0.05) is 6.07 Å². The minimum absolute atomic E-state index is 0.00488. The summed E-state index contributed by atoms with van der Waals surface area (Å²) in [6.45, 7) is 0. The maximum atomic E-state index is 15.1. The van der Waals surface area contributed by atoms with E-state index in [2.05, 4.69) is 4.98 Å². The summed E-state index contributed by atoms with van der Waals surface area (Å²) >= 11 is 0. The Labute approximate surface area is 179 Å². The van der Waals surface area contributed by atoms with Crippen LogP contribution in [0.25, 0.3) is 33.2 Å². The number of ether oxygens (including phenoxy) is 1. The molecular weight excluding hydrogens is 447 g/mol. The molecule has 3 aromatic carbocycles. The third kappa shape index (κ3) is 3.74. The second-order valence-electron chi connectivity index (χ2n) is 6.86. The van der Waals surface area contributed by atoms with Crippen molar-refractivity contribution in [1.82, 2.24) is 4.98 Å². The Hall–Kier alpha value is -3.63. The molecule has 2 N–H and O–H groups in total. The molecule has 1 aromatic heterocycles. The minimum Gasteiger partial charge on any atom is -0.496 e. The number of H-pyrrole nitrogens is 1. The lowest BCUT2D eigenvalue weighted by Gasteiger charge is -2.16. The van der Waals surface area contributed by atoms with Gasteiger partial charge in [0.2, 0.25) is 5.56 Å². The van der Waals surface area contributed by atoms with E-state index in [9.17, 15) is 26.5 Å². The number of nitrogens with one attached hydrogen (secondary N) is 1. The number of fused-ring (bicyclic) bond motifs is 1. The van der Waals surface area contributed by atoms with E-state index in [0.29, 0.717) is 0 Å². The summed E-state index contributed by atoms with van der Waals surface area (Å²) in [6, 6.07) is 9.87. The first kappa shape index (κ1) is 21.6. The number of pyridine rings is 1. The zero-order valence-electron chi connectivity index (χ0n) is 16.3. The zero-order chi connectivity index (χ0) is 23.2. The van der Waals surface area contributed by atoms with Gasteiger partial charge in [-0.15, -0.1) is 0 Å². The monoisotopic (exact) mass is 461 g/mol. The summed E-state index contributed by atoms with van der Waals surface area (Å²) in [6.07, 6.45) is 0. The van der Waals surface area contributed by atoms with Crippen LogP contribution in [-0.4, -0.2) is 25.1 Å². The van der Waals surface area contributed by atoms with Gasteiger partial charge in [-0.05, 0) is 48.0 Å². The van der Waals surface area contributed by atoms with Crippen LogP contribution in [0.1, 0.15) is 0 Å². The van der Waals surface area contributed by atoms with E-state index in [4.69, 9.17) is 4.74 Å². The Balaban J connectivity index is 2.07. The zero-order valence-corrected chi connectivity index (χ0v) is 17.1. The maximum Gasteiger partial charge on any atom is 0.295 e. The topological polar surface area (TPSA) is 96.5 Å². The molecule has 6 nitrogen and oxygen atoms in total. The molecule has 0 saturated carbocycles. The summed E-state index contributed by atoms with van der Waals surface area (Å²) in [5, 5.41) is 0.206. The van der Waals surface area contributed by atoms with Gasteiger partial charge < -0.3 is 9.72 Å². The Morgan fingerprint density at radius 2 is 1.62 bits per heavy atom. The summed E-state index contributed by atoms with van der Waals surface area (Å²) in [4.78, 5) is 13.7. The van der Waals surface area contributed by atoms with E-state index in [0.717, 1.165) is 30.3 Å². The lowest BCUT2D eigenvalue weighted by Crippen LogP contribution is -2.07. The highest BCUT2D eigenvalue weighted by atomic mass is 32.2. The van der Waals surface area contributed by atoms with E-state index in [1.54, 1.807) is 0 Å². The molecule has 0 unspecified atom stereocenters. The highest BCUT2D eigenvalue weighted by Crippen LogP contribution is 2.42. The van der Waals surface area contributed by atoms with Crippen LogP contribution in [0, 0.1) is 17.5 Å². The highest BCUT2D eigenvalue weighted by molar-refractivity contribution is 7.86. The molecule has 0 radical (unpaired) electrons. The van der Waals surface area contributed by atoms with Crippen molar-refractivity contribution in [3.05, 3.63) is 82.4 Å². The largest absolute Gasteiger partial charge is 0.496 e. The smallest absolute Gasteiger partial charge is 0.295 e. The number of aromatic nitrogens is 1. The van der Waals surface area contributed by atoms with Gasteiger partial charge in [-0.2, -0.15) is 8.42 Å². The molecule has 1 heterocycles. The molecule has 32 heavy (non-hydrogen) atoms. The standard InChI is InChI=1S/C22H14F3NO5S/c1-31-19-10-13(11-2-4-15(23)17(25)8-11)16(24)9-14(19)22-12-3-7-21(27)26-18(12)5-6-20(22)32(28,29)30/h2-10H,1H3,(H,26,27)(H,28,29,30). The molecule has 0 bridgehead atoms. The first-order valence-electron chi connectivity index (χ1n) is 9.07. The molecule has 0 spiro atoms. The number of methoxy groups -OCH3 is 1. The average molecular weight is 461 g/mol. The van der Waals surface area contributed by atoms with E-state index < -0.39 is 38.0 Å². The van der Waals surface area contributed by atoms with Crippen LogP contribution in [0.5, 0.6) is 5.75 Å². The Bertz CT molecular complexity index is 1550. The van der Waals surface area contributed by atoms with Gasteiger partial charge >= 0.3 is 0 Å². The number of benzene rings is 3. The van der Waals surface area contributed by atoms with Gasteiger partial charge in [-0.25, -0.2) is 13.2 Å². The van der Waals surface area contributed by atoms with Crippen molar-refractivity contribution >= 4 is 21.0 Å². The normalized spacial score (nSPS) is 11.7. The molecule has 0 atom stereocenters. The number of rotatable bonds is 4. The molecular formula is C22H14F3NO5S. The lowest BCUT2D eigenvalue weighted by atomic mass is 9.95. The highest BCUT2D eigenvalue weighted by Gasteiger charge is 2.24. The SMILES string of the molecule is COc1cc(-c2ccc(F)c(F)c2)c(F)cc1-c1c(S(=O)(=O)O)ccc2[nH]c(=O)ccc12. The van der Waals surface area contributed by atoms with Gasteiger partial charge in [0.15, 0.2) is 11.6 Å². The summed E-state index contributed by atoms with van der Waals surface area (Å²) in [5.41, 5.74) is -0.438. The van der Waals surface area contributed by atoms with Crippen LogP contribution in [0.15, 0.2) is 64.3 Å². The van der Waals surface area contributed by atoms with Crippen molar-refractivity contribution in [1.29, 1.82) is 0 Å². The van der Waals surface area contributed by atoms with Crippen LogP contribution < -0.4 is 10.3 Å². The third-order valence-electron chi connectivity index (χ3n) is 4.93. The second kappa shape index (κ2) is 7.81. The summed E-state index contributed by atoms with van der Waals surface area (Å²) in [5.74, 6) is -3.15. The van der Waals surface area contributed by atoms with Crippen LogP contribution in [0.4, 0.5) is 13.2 Å². The number of hydrogen-bond donors (Lipinski definition) is 2. The predicted octanol–water partition coefficient (Wildman–Crippen LogP) is 4.53. The van der Waals surface area contributed by atoms with Crippen LogP contribution in [0.2, 0.25) is 0 Å². The van der Waals surface area contributed by atoms with Crippen molar-refractivity contribution in [2.75, 3.05) is 7.11 Å². The summed E-state index contributed by atoms with van der Waals surface area (Å²) in [7, 11) is -3.50. The molecule has 4 aromatic rings. The van der Waals surface area contributed by atoms with Gasteiger partial charge in [0.05, 0.1) is 7.11 Å². The molecule has 10 heteroatoms. The second-order valence-corrected chi connectivity index (χ2v) is 8.25. The Morgan fingerprint density at radius 3 is 2.28 bits per heavy atom. The van der Waals surface area contributed by atoms with Crippen molar-refractivity contribution < 1.29 is 30.9 Å². The first-order valence-corrected chi connectivity index (χ1v) is 10.5. The summed E-state index contributed by atoms with van der Waals surface area (Å²) < 4.78 is 81.3. The van der Waals surface area contributed by atoms with E-state index >= 15 is 4.39 Å². The van der Waals surface area contributed by atoms with Crippen molar-refractivity contribution in [2.45, 2.75) is 4.90 Å². The van der Waals surface area contributed by atoms with E-state index in [1.807, 2.05) is 0 Å². The number of hydrogen-bond acceptors (Lipinski definition) is 4. The Kier molecular flexibility index (Phi) is 5.27. The van der Waals surface area contributed by atoms with Gasteiger partial charge in [0, 0.05) is 33.7 Å². The Morgan fingerprint density at radius 1 is 0.875 bits per heavy atom. The van der Waals surface area contributed by atoms with Crippen molar-refractivity contribution in [3.8, 4) is 28.0 Å². The van der Waals surface area contributed by atoms with Gasteiger partial charge in [0.1, 0.15) is 16.5 Å². The number of aromatic amines is 1. The fourth-order valence-electron chi connectivity index (χ4n) is 3.51. The van der Waals surface area contributed by atoms with E-state index in [-0.39, 0.29) is 38.9 Å². The molecule has 164 valence electrons. The lowest BCUT2D eigenvalue weighted by molar-refractivity contribution is 0.415. The van der Waals surface area contributed by atoms with Crippen LogP contribution in [-0.2, 0) is 10.1 Å². The fourth-order valence-corrected chi connectivity index (χ4v) is 4.23. The van der Waals surface area contributed by atoms with Crippen molar-refractivity contribution in [3.63, 3.8) is 0 Å². The molecule has 0 aliphatic heterocycles. The molecule has 0 aliphatic carbocycles. The third-order valence-corrected chi connectivity index (χ3v) is 5.83. The minimum atomic E-state index is -4.75. The van der Waals surface area contributed by atoms with Crippen LogP contribution in [0.3, 0.4) is 0 Å². The van der Waals surface area contributed by atoms with Gasteiger partial charge in [0.25, 0.3) is 10.1 Å². The van der Waals surface area contributed by atoms with Gasteiger partial charge in [-0.3, -0.25) is 9.35 Å². The van der Waals surface area contributed by atoms with Crippen molar-refractivity contribution in [2.24, 2.45) is 0 Å². The molecule has 0 aliphatic rings. The molecule has 0 saturated heterocycles. The maximum absolute atomic E-state index is 15.1. The molecule has 0 amide bonds. The quantitative estimate of drug-likeness (QED) is 0.435. The molecule has 4 rings (SSSR count). The fraction of sp³-hybridized carbons (Fsp3) is 0.0455. The predicted molar refractivity (Wildman–Crippen MR) is 112 cm³/mol. The van der Waals surface area contributed by atoms with Crippen LogP contribution >= 0.6 is 0 Å².